The Bertz CT molecular complexity index is 711. The molecule has 0 atom stereocenters. The third kappa shape index (κ3) is 4.82. The molecule has 1 aromatic carbocycles. The molecule has 0 unspecified atom stereocenters. The van der Waals surface area contributed by atoms with E-state index in [4.69, 9.17) is 4.42 Å². The number of ether oxygens (including phenoxy) is 1. The van der Waals surface area contributed by atoms with Crippen LogP contribution < -0.4 is 5.32 Å². The molecular weight excluding hydrogens is 298 g/mol. The summed E-state index contributed by atoms with van der Waals surface area (Å²) in [4.78, 5) is 23.1. The summed E-state index contributed by atoms with van der Waals surface area (Å²) in [6, 6.07) is 6.98. The van der Waals surface area contributed by atoms with Crippen molar-refractivity contribution in [3.8, 4) is 0 Å². The minimum Gasteiger partial charge on any atom is -0.465 e. The zero-order chi connectivity index (χ0) is 17.0. The minimum absolute atomic E-state index is 0.0512. The van der Waals surface area contributed by atoms with Gasteiger partial charge in [0.15, 0.2) is 0 Å². The van der Waals surface area contributed by atoms with Gasteiger partial charge in [-0.2, -0.15) is 0 Å². The largest absolute Gasteiger partial charge is 0.465 e. The van der Waals surface area contributed by atoms with Crippen molar-refractivity contribution in [3.63, 3.8) is 0 Å². The second kappa shape index (κ2) is 6.83. The molecule has 6 heteroatoms. The molecule has 23 heavy (non-hydrogen) atoms. The number of carbonyl (C=O) groups is 2. The van der Waals surface area contributed by atoms with Crippen LogP contribution >= 0.6 is 0 Å². The first-order valence-corrected chi connectivity index (χ1v) is 7.38. The first kappa shape index (κ1) is 17.0. The van der Waals surface area contributed by atoms with Crippen LogP contribution in [0.4, 0.5) is 0 Å². The van der Waals surface area contributed by atoms with Gasteiger partial charge in [0.1, 0.15) is 11.3 Å². The monoisotopic (exact) mass is 319 g/mol. The lowest BCUT2D eigenvalue weighted by Crippen LogP contribution is -2.33. The summed E-state index contributed by atoms with van der Waals surface area (Å²) in [6.45, 7) is 3.59. The molecule has 124 valence electrons. The maximum atomic E-state index is 11.6. The highest BCUT2D eigenvalue weighted by Crippen LogP contribution is 2.21. The molecule has 1 heterocycles. The number of hydrogen-bond donors (Lipinski definition) is 2. The Labute approximate surface area is 134 Å². The Morgan fingerprint density at radius 3 is 2.70 bits per heavy atom. The average molecular weight is 319 g/mol. The van der Waals surface area contributed by atoms with Crippen molar-refractivity contribution in [3.05, 3.63) is 35.6 Å². The van der Waals surface area contributed by atoms with E-state index in [1.807, 2.05) is 6.07 Å². The quantitative estimate of drug-likeness (QED) is 0.795. The van der Waals surface area contributed by atoms with Gasteiger partial charge >= 0.3 is 5.97 Å². The molecule has 0 aliphatic heterocycles. The lowest BCUT2D eigenvalue weighted by Gasteiger charge is -2.15. The van der Waals surface area contributed by atoms with Gasteiger partial charge < -0.3 is 19.6 Å². The van der Waals surface area contributed by atoms with Crippen LogP contribution in [-0.4, -0.2) is 36.2 Å². The van der Waals surface area contributed by atoms with Gasteiger partial charge in [-0.3, -0.25) is 4.79 Å². The van der Waals surface area contributed by atoms with Crippen molar-refractivity contribution in [1.29, 1.82) is 0 Å². The summed E-state index contributed by atoms with van der Waals surface area (Å²) >= 11 is 0. The summed E-state index contributed by atoms with van der Waals surface area (Å²) in [5.41, 5.74) is 0.0124. The number of carbonyl (C=O) groups excluding carboxylic acids is 2. The fraction of sp³-hybridized carbons (Fsp3) is 0.412. The van der Waals surface area contributed by atoms with E-state index in [1.165, 1.54) is 7.11 Å². The lowest BCUT2D eigenvalue weighted by atomic mass is 10.1. The van der Waals surface area contributed by atoms with Gasteiger partial charge in [-0.05, 0) is 32.0 Å². The van der Waals surface area contributed by atoms with Crippen molar-refractivity contribution in [2.75, 3.05) is 13.7 Å². The molecule has 0 saturated carbocycles. The molecule has 0 bridgehead atoms. The average Bonchev–Trinajstić information content (AvgIpc) is 2.86. The van der Waals surface area contributed by atoms with E-state index < -0.39 is 11.6 Å². The predicted molar refractivity (Wildman–Crippen MR) is 85.2 cm³/mol. The first-order chi connectivity index (χ1) is 10.8. The van der Waals surface area contributed by atoms with Gasteiger partial charge in [0.25, 0.3) is 0 Å². The van der Waals surface area contributed by atoms with Crippen LogP contribution in [0.5, 0.6) is 0 Å². The van der Waals surface area contributed by atoms with Gasteiger partial charge in [0.05, 0.1) is 24.7 Å². The molecule has 2 rings (SSSR count). The van der Waals surface area contributed by atoms with E-state index in [-0.39, 0.29) is 12.3 Å². The minimum atomic E-state index is -1.02. The van der Waals surface area contributed by atoms with Crippen LogP contribution in [0, 0.1) is 0 Å². The van der Waals surface area contributed by atoms with E-state index in [9.17, 15) is 14.7 Å². The maximum Gasteiger partial charge on any atom is 0.337 e. The van der Waals surface area contributed by atoms with Crippen molar-refractivity contribution in [2.45, 2.75) is 32.3 Å². The number of furan rings is 1. The molecule has 0 fully saturated rings. The molecule has 1 aromatic heterocycles. The third-order valence-corrected chi connectivity index (χ3v) is 3.28. The predicted octanol–water partition coefficient (Wildman–Crippen LogP) is 2.04. The van der Waals surface area contributed by atoms with Crippen molar-refractivity contribution in [2.24, 2.45) is 0 Å². The molecule has 0 aliphatic rings. The van der Waals surface area contributed by atoms with Crippen molar-refractivity contribution < 1.29 is 23.8 Å². The smallest absolute Gasteiger partial charge is 0.337 e. The van der Waals surface area contributed by atoms with E-state index in [0.717, 1.165) is 5.39 Å². The molecule has 2 N–H and O–H groups in total. The summed E-state index contributed by atoms with van der Waals surface area (Å²) in [6.07, 6.45) is 0.579. The maximum absolute atomic E-state index is 11.6. The number of benzene rings is 1. The summed E-state index contributed by atoms with van der Waals surface area (Å²) in [5, 5.41) is 13.2. The summed E-state index contributed by atoms with van der Waals surface area (Å²) in [7, 11) is 1.33. The fourth-order valence-electron chi connectivity index (χ4n) is 2.23. The van der Waals surface area contributed by atoms with Crippen LogP contribution in [0.15, 0.2) is 28.7 Å². The van der Waals surface area contributed by atoms with Gasteiger partial charge in [-0.1, -0.05) is 6.07 Å². The van der Waals surface area contributed by atoms with Crippen molar-refractivity contribution >= 4 is 22.8 Å². The molecule has 0 saturated heterocycles. The van der Waals surface area contributed by atoms with Gasteiger partial charge in [0, 0.05) is 18.4 Å². The van der Waals surface area contributed by atoms with E-state index >= 15 is 0 Å². The highest BCUT2D eigenvalue weighted by molar-refractivity contribution is 5.93. The number of fused-ring (bicyclic) bond motifs is 1. The molecule has 1 amide bonds. The lowest BCUT2D eigenvalue weighted by molar-refractivity contribution is -0.124. The molecular formula is C17H21NO5. The number of rotatable bonds is 6. The Morgan fingerprint density at radius 1 is 1.30 bits per heavy atom. The zero-order valence-corrected chi connectivity index (χ0v) is 13.5. The van der Waals surface area contributed by atoms with Crippen LogP contribution in [0.3, 0.4) is 0 Å². The van der Waals surface area contributed by atoms with Crippen LogP contribution in [0.1, 0.15) is 36.4 Å². The van der Waals surface area contributed by atoms with Gasteiger partial charge in [-0.25, -0.2) is 4.79 Å². The first-order valence-electron chi connectivity index (χ1n) is 7.38. The van der Waals surface area contributed by atoms with E-state index in [0.29, 0.717) is 29.9 Å². The van der Waals surface area contributed by atoms with Crippen LogP contribution in [-0.2, 0) is 16.0 Å². The second-order valence-corrected chi connectivity index (χ2v) is 6.05. The highest BCUT2D eigenvalue weighted by atomic mass is 16.5. The third-order valence-electron chi connectivity index (χ3n) is 3.28. The number of hydrogen-bond acceptors (Lipinski definition) is 5. The standard InChI is InChI=1S/C17H21NO5/c1-17(2,21)10-15(19)18-7-6-13-8-11-4-5-12(16(20)22-3)9-14(11)23-13/h4-5,8-9,21H,6-7,10H2,1-3H3,(H,18,19). The molecule has 0 aliphatic carbocycles. The normalized spacial score (nSPS) is 11.5. The molecule has 6 nitrogen and oxygen atoms in total. The Hall–Kier alpha value is -2.34. The number of esters is 1. The molecule has 0 spiro atoms. The Kier molecular flexibility index (Phi) is 5.05. The topological polar surface area (TPSA) is 88.8 Å². The zero-order valence-electron chi connectivity index (χ0n) is 13.5. The van der Waals surface area contributed by atoms with Gasteiger partial charge in [0.2, 0.25) is 5.91 Å². The van der Waals surface area contributed by atoms with Crippen LogP contribution in [0.25, 0.3) is 11.0 Å². The van der Waals surface area contributed by atoms with Crippen LogP contribution in [0.2, 0.25) is 0 Å². The molecule has 2 aromatic rings. The second-order valence-electron chi connectivity index (χ2n) is 6.05. The summed E-state index contributed by atoms with van der Waals surface area (Å²) in [5.74, 6) is 0.0934. The SMILES string of the molecule is COC(=O)c1ccc2cc(CCNC(=O)CC(C)(C)O)oc2c1. The number of methoxy groups -OCH3 is 1. The van der Waals surface area contributed by atoms with E-state index in [1.54, 1.807) is 32.0 Å². The van der Waals surface area contributed by atoms with E-state index in [2.05, 4.69) is 10.1 Å². The number of nitrogens with one attached hydrogen (secondary N) is 1. The fourth-order valence-corrected chi connectivity index (χ4v) is 2.23. The summed E-state index contributed by atoms with van der Waals surface area (Å²) < 4.78 is 10.4. The molecule has 0 radical (unpaired) electrons. The van der Waals surface area contributed by atoms with Crippen molar-refractivity contribution in [1.82, 2.24) is 5.32 Å². The highest BCUT2D eigenvalue weighted by Gasteiger charge is 2.17. The number of amides is 1. The Morgan fingerprint density at radius 2 is 2.04 bits per heavy atom. The Balaban J connectivity index is 1.96. The van der Waals surface area contributed by atoms with Gasteiger partial charge in [-0.15, -0.1) is 0 Å². The number of aliphatic hydroxyl groups is 1.